The van der Waals surface area contributed by atoms with Crippen LogP contribution < -0.4 is 0 Å². The molecular formula is C41H58O3. The summed E-state index contributed by atoms with van der Waals surface area (Å²) in [5.41, 5.74) is 6.07. The van der Waals surface area contributed by atoms with E-state index in [9.17, 15) is 4.79 Å². The van der Waals surface area contributed by atoms with Gasteiger partial charge in [0.2, 0.25) is 0 Å². The Kier molecular flexibility index (Phi) is 17.6. The molecule has 0 radical (unpaired) electrons. The molecule has 240 valence electrons. The fourth-order valence-electron chi connectivity index (χ4n) is 5.74. The van der Waals surface area contributed by atoms with Gasteiger partial charge in [0.15, 0.2) is 0 Å². The van der Waals surface area contributed by atoms with E-state index in [2.05, 4.69) is 69.3 Å². The molecule has 44 heavy (non-hydrogen) atoms. The lowest BCUT2D eigenvalue weighted by Crippen LogP contribution is -2.07. The lowest BCUT2D eigenvalue weighted by molar-refractivity contribution is 0.0500. The number of esters is 1. The first kappa shape index (κ1) is 35.6. The van der Waals surface area contributed by atoms with Gasteiger partial charge in [0.05, 0.1) is 18.3 Å². The highest BCUT2D eigenvalue weighted by molar-refractivity contribution is 5.97. The monoisotopic (exact) mass is 598 g/mol. The van der Waals surface area contributed by atoms with Crippen LogP contribution in [0.3, 0.4) is 0 Å². The fraction of sp³-hybridized carbons (Fsp3) is 0.537. The molecule has 0 bridgehead atoms. The third-order valence-corrected chi connectivity index (χ3v) is 8.65. The predicted octanol–water partition coefficient (Wildman–Crippen LogP) is 12.5. The molecular weight excluding hydrogens is 540 g/mol. The minimum Gasteiger partial charge on any atom is -0.462 e. The molecule has 1 atom stereocenters. The Balaban J connectivity index is 1.34. The van der Waals surface area contributed by atoms with E-state index < -0.39 is 0 Å². The van der Waals surface area contributed by atoms with E-state index >= 15 is 0 Å². The van der Waals surface area contributed by atoms with Crippen LogP contribution in [0, 0.1) is 0 Å². The van der Waals surface area contributed by atoms with Crippen molar-refractivity contribution in [2.45, 2.75) is 130 Å². The molecule has 3 aromatic rings. The number of rotatable bonds is 23. The number of benzene rings is 3. The molecule has 0 aliphatic rings. The first-order valence-electron chi connectivity index (χ1n) is 17.7. The maximum absolute atomic E-state index is 12.7. The van der Waals surface area contributed by atoms with E-state index in [1.54, 1.807) is 0 Å². The highest BCUT2D eigenvalue weighted by Crippen LogP contribution is 2.29. The lowest BCUT2D eigenvalue weighted by Gasteiger charge is -2.14. The van der Waals surface area contributed by atoms with Crippen LogP contribution in [-0.2, 0) is 9.47 Å². The maximum atomic E-state index is 12.7. The summed E-state index contributed by atoms with van der Waals surface area (Å²) in [6.45, 7) is 7.82. The summed E-state index contributed by atoms with van der Waals surface area (Å²) in [7, 11) is 0. The van der Waals surface area contributed by atoms with Crippen LogP contribution in [0.25, 0.3) is 22.3 Å². The number of ether oxygens (including phenoxy) is 2. The molecule has 1 unspecified atom stereocenters. The molecule has 0 amide bonds. The summed E-state index contributed by atoms with van der Waals surface area (Å²) >= 11 is 0. The molecule has 0 saturated heterocycles. The largest absolute Gasteiger partial charge is 0.462 e. The summed E-state index contributed by atoms with van der Waals surface area (Å²) < 4.78 is 11.6. The van der Waals surface area contributed by atoms with Crippen molar-refractivity contribution < 1.29 is 14.3 Å². The van der Waals surface area contributed by atoms with E-state index in [4.69, 9.17) is 9.47 Å². The molecule has 0 aromatic heterocycles. The minimum atomic E-state index is -0.255. The Bertz CT molecular complexity index is 1170. The molecule has 3 heteroatoms. The fourth-order valence-corrected chi connectivity index (χ4v) is 5.74. The van der Waals surface area contributed by atoms with Crippen LogP contribution in [0.5, 0.6) is 0 Å². The van der Waals surface area contributed by atoms with Gasteiger partial charge < -0.3 is 9.47 Å². The van der Waals surface area contributed by atoms with Gasteiger partial charge in [-0.1, -0.05) is 170 Å². The molecule has 3 aromatic carbocycles. The topological polar surface area (TPSA) is 35.5 Å². The van der Waals surface area contributed by atoms with Crippen LogP contribution in [0.1, 0.15) is 146 Å². The molecule has 0 spiro atoms. The van der Waals surface area contributed by atoms with E-state index in [-0.39, 0.29) is 12.1 Å². The number of carbonyl (C=O) groups is 1. The quantitative estimate of drug-likeness (QED) is 0.0804. The highest BCUT2D eigenvalue weighted by Gasteiger charge is 2.14. The zero-order valence-electron chi connectivity index (χ0n) is 28.0. The Morgan fingerprint density at radius 2 is 1.02 bits per heavy atom. The predicted molar refractivity (Wildman–Crippen MR) is 187 cm³/mol. The summed E-state index contributed by atoms with van der Waals surface area (Å²) in [6, 6.07) is 24.8. The average Bonchev–Trinajstić information content (AvgIpc) is 3.06. The van der Waals surface area contributed by atoms with Crippen molar-refractivity contribution in [1.82, 2.24) is 0 Å². The van der Waals surface area contributed by atoms with Crippen LogP contribution in [0.4, 0.5) is 0 Å². The Morgan fingerprint density at radius 1 is 0.545 bits per heavy atom. The summed E-state index contributed by atoms with van der Waals surface area (Å²) in [4.78, 5) is 12.7. The molecule has 0 saturated carbocycles. The van der Waals surface area contributed by atoms with Crippen molar-refractivity contribution in [2.24, 2.45) is 0 Å². The standard InChI is InChI=1S/C41H58O3/c1-4-6-8-9-10-11-12-13-14-15-16-17-18-21-33-43-34(3)35-24-26-36(27-25-35)37-28-30-38(31-29-37)39-22-19-20-23-40(39)41(42)44-32-7-5-2/h19-20,22-31,34H,4-18,21,32-33H2,1-3H3. The second kappa shape index (κ2) is 21.7. The van der Waals surface area contributed by atoms with E-state index in [1.807, 2.05) is 24.3 Å². The zero-order valence-corrected chi connectivity index (χ0v) is 28.0. The Labute approximate surface area is 268 Å². The minimum absolute atomic E-state index is 0.0991. The summed E-state index contributed by atoms with van der Waals surface area (Å²) in [5.74, 6) is -0.255. The Morgan fingerprint density at radius 3 is 1.59 bits per heavy atom. The van der Waals surface area contributed by atoms with Crippen molar-refractivity contribution >= 4 is 5.97 Å². The molecule has 0 heterocycles. The van der Waals surface area contributed by atoms with Crippen LogP contribution >= 0.6 is 0 Å². The number of hydrogen-bond donors (Lipinski definition) is 0. The van der Waals surface area contributed by atoms with E-state index in [0.717, 1.165) is 42.6 Å². The van der Waals surface area contributed by atoms with Crippen molar-refractivity contribution in [2.75, 3.05) is 13.2 Å². The molecule has 3 nitrogen and oxygen atoms in total. The van der Waals surface area contributed by atoms with Gasteiger partial charge in [0, 0.05) is 6.61 Å². The second-order valence-corrected chi connectivity index (χ2v) is 12.3. The van der Waals surface area contributed by atoms with E-state index in [0.29, 0.717) is 12.2 Å². The van der Waals surface area contributed by atoms with Gasteiger partial charge in [0.25, 0.3) is 0 Å². The molecule has 0 aliphatic heterocycles. The lowest BCUT2D eigenvalue weighted by atomic mass is 9.96. The van der Waals surface area contributed by atoms with Gasteiger partial charge in [-0.25, -0.2) is 4.79 Å². The van der Waals surface area contributed by atoms with Gasteiger partial charge in [-0.2, -0.15) is 0 Å². The summed E-state index contributed by atoms with van der Waals surface area (Å²) in [5, 5.41) is 0. The van der Waals surface area contributed by atoms with Gasteiger partial charge in [-0.15, -0.1) is 0 Å². The zero-order chi connectivity index (χ0) is 31.2. The van der Waals surface area contributed by atoms with Crippen molar-refractivity contribution in [3.8, 4) is 22.3 Å². The van der Waals surface area contributed by atoms with Crippen molar-refractivity contribution in [3.05, 3.63) is 83.9 Å². The van der Waals surface area contributed by atoms with Gasteiger partial charge in [0.1, 0.15) is 0 Å². The third-order valence-electron chi connectivity index (χ3n) is 8.65. The first-order chi connectivity index (χ1) is 21.6. The smallest absolute Gasteiger partial charge is 0.338 e. The van der Waals surface area contributed by atoms with Crippen LogP contribution in [0.2, 0.25) is 0 Å². The number of hydrogen-bond acceptors (Lipinski definition) is 3. The number of carbonyl (C=O) groups excluding carboxylic acids is 1. The highest BCUT2D eigenvalue weighted by atomic mass is 16.5. The molecule has 0 fully saturated rings. The maximum Gasteiger partial charge on any atom is 0.338 e. The molecule has 0 aliphatic carbocycles. The molecule has 0 N–H and O–H groups in total. The van der Waals surface area contributed by atoms with Crippen LogP contribution in [0.15, 0.2) is 72.8 Å². The molecule has 3 rings (SSSR count). The van der Waals surface area contributed by atoms with Crippen LogP contribution in [-0.4, -0.2) is 19.2 Å². The first-order valence-corrected chi connectivity index (χ1v) is 17.7. The number of unbranched alkanes of at least 4 members (excludes halogenated alkanes) is 14. The van der Waals surface area contributed by atoms with Gasteiger partial charge >= 0.3 is 5.97 Å². The van der Waals surface area contributed by atoms with Gasteiger partial charge in [-0.05, 0) is 53.6 Å². The Hall–Kier alpha value is -2.91. The summed E-state index contributed by atoms with van der Waals surface area (Å²) in [6.07, 6.45) is 21.2. The van der Waals surface area contributed by atoms with E-state index in [1.165, 1.54) is 94.6 Å². The van der Waals surface area contributed by atoms with Crippen molar-refractivity contribution in [3.63, 3.8) is 0 Å². The second-order valence-electron chi connectivity index (χ2n) is 12.3. The van der Waals surface area contributed by atoms with Crippen molar-refractivity contribution in [1.29, 1.82) is 0 Å². The third kappa shape index (κ3) is 13.0. The SMILES string of the molecule is CCCCCCCCCCCCCCCCOC(C)c1ccc(-c2ccc(-c3ccccc3C(=O)OCCCC)cc2)cc1. The van der Waals surface area contributed by atoms with Gasteiger partial charge in [-0.3, -0.25) is 0 Å². The normalized spacial score (nSPS) is 11.9. The average molecular weight is 599 g/mol.